The third-order valence-electron chi connectivity index (χ3n) is 6.22. The van der Waals surface area contributed by atoms with Gasteiger partial charge in [-0.15, -0.1) is 0 Å². The zero-order valence-corrected chi connectivity index (χ0v) is 18.0. The molecule has 1 aliphatic rings. The molecule has 0 unspecified atom stereocenters. The first-order valence-electron chi connectivity index (χ1n) is 10.1. The number of hydrogen-bond acceptors (Lipinski definition) is 3. The molecule has 4 heteroatoms. The number of benzene rings is 3. The van der Waals surface area contributed by atoms with E-state index in [0.717, 1.165) is 17.5 Å². The summed E-state index contributed by atoms with van der Waals surface area (Å²) in [6.45, 7) is 0. The Morgan fingerprint density at radius 2 is 1.37 bits per heavy atom. The molecule has 3 aromatic carbocycles. The molecular weight excluding hydrogens is 408 g/mol. The second kappa shape index (κ2) is 7.53. The van der Waals surface area contributed by atoms with Crippen molar-refractivity contribution in [1.82, 2.24) is 0 Å². The van der Waals surface area contributed by atoms with Crippen LogP contribution < -0.4 is 0 Å². The maximum absolute atomic E-state index is 14.2. The molecule has 3 atom stereocenters. The average Bonchev–Trinajstić information content (AvgIpc) is 3.18. The van der Waals surface area contributed by atoms with Crippen LogP contribution in [0.2, 0.25) is 0 Å². The fourth-order valence-electron chi connectivity index (χ4n) is 4.91. The average molecular weight is 431 g/mol. The zero-order valence-electron chi connectivity index (χ0n) is 16.4. The molecule has 0 N–H and O–H groups in total. The normalized spacial score (nSPS) is 23.2. The molecular formula is C26H22O2S2. The highest BCUT2D eigenvalue weighted by Gasteiger charge is 2.73. The van der Waals surface area contributed by atoms with Crippen molar-refractivity contribution in [3.05, 3.63) is 125 Å². The lowest BCUT2D eigenvalue weighted by atomic mass is 10.0. The summed E-state index contributed by atoms with van der Waals surface area (Å²) in [5.41, 5.74) is 3.16. The molecule has 2 nitrogen and oxygen atoms in total. The number of sulfone groups is 1. The van der Waals surface area contributed by atoms with E-state index in [4.69, 9.17) is 0 Å². The van der Waals surface area contributed by atoms with Crippen molar-refractivity contribution in [3.63, 3.8) is 0 Å². The highest BCUT2D eigenvalue weighted by molar-refractivity contribution is 7.92. The van der Waals surface area contributed by atoms with Crippen molar-refractivity contribution in [1.29, 1.82) is 0 Å². The Morgan fingerprint density at radius 3 is 1.97 bits per heavy atom. The molecule has 1 aliphatic carbocycles. The number of hydrogen-bond donors (Lipinski definition) is 0. The van der Waals surface area contributed by atoms with E-state index < -0.39 is 14.6 Å². The van der Waals surface area contributed by atoms with Gasteiger partial charge in [0.2, 0.25) is 0 Å². The third kappa shape index (κ3) is 2.94. The molecule has 4 aromatic rings. The predicted molar refractivity (Wildman–Crippen MR) is 122 cm³/mol. The summed E-state index contributed by atoms with van der Waals surface area (Å²) in [5, 5.41) is 4.19. The highest BCUT2D eigenvalue weighted by Crippen LogP contribution is 2.70. The van der Waals surface area contributed by atoms with Crippen LogP contribution in [0.15, 0.2) is 113 Å². The fraction of sp³-hybridized carbons (Fsp3) is 0.154. The molecule has 150 valence electrons. The molecule has 5 rings (SSSR count). The van der Waals surface area contributed by atoms with Crippen LogP contribution in [0.5, 0.6) is 0 Å². The van der Waals surface area contributed by atoms with Gasteiger partial charge < -0.3 is 0 Å². The van der Waals surface area contributed by atoms with Gasteiger partial charge in [0.1, 0.15) is 4.75 Å². The van der Waals surface area contributed by atoms with E-state index >= 15 is 0 Å². The van der Waals surface area contributed by atoms with Gasteiger partial charge in [-0.05, 0) is 58.0 Å². The molecule has 1 heterocycles. The van der Waals surface area contributed by atoms with Crippen molar-refractivity contribution < 1.29 is 8.42 Å². The maximum Gasteiger partial charge on any atom is 0.189 e. The van der Waals surface area contributed by atoms with Gasteiger partial charge in [0.05, 0.1) is 4.90 Å². The molecule has 30 heavy (non-hydrogen) atoms. The van der Waals surface area contributed by atoms with Crippen LogP contribution in [0.25, 0.3) is 0 Å². The van der Waals surface area contributed by atoms with Crippen molar-refractivity contribution in [3.8, 4) is 0 Å². The first-order chi connectivity index (χ1) is 14.7. The minimum absolute atomic E-state index is 0.0258. The van der Waals surface area contributed by atoms with Crippen LogP contribution in [0.1, 0.15) is 22.6 Å². The Bertz CT molecular complexity index is 1220. The van der Waals surface area contributed by atoms with Crippen molar-refractivity contribution in [2.24, 2.45) is 5.92 Å². The van der Waals surface area contributed by atoms with Crippen molar-refractivity contribution in [2.75, 3.05) is 0 Å². The van der Waals surface area contributed by atoms with E-state index in [2.05, 4.69) is 29.0 Å². The molecule has 0 amide bonds. The van der Waals surface area contributed by atoms with Gasteiger partial charge in [-0.25, -0.2) is 8.42 Å². The number of thiophene rings is 1. The molecule has 0 radical (unpaired) electrons. The third-order valence-corrected chi connectivity index (χ3v) is 9.53. The Kier molecular flexibility index (Phi) is 4.84. The lowest BCUT2D eigenvalue weighted by Gasteiger charge is -2.21. The molecule has 0 spiro atoms. The standard InChI is InChI=1S/C26H22O2S2/c27-30(28,23-14-8-3-9-15-23)26(22-12-6-2-7-13-22)24(18-20-16-17-29-19-20)25(26)21-10-4-1-5-11-21/h1-17,19,24-25H,18H2/t24-,25-,26-/m0/s1. The largest absolute Gasteiger partial charge is 0.223 e. The SMILES string of the molecule is O=S(=O)(c1ccccc1)[C@@]1(c2ccccc2)[C@@H](Cc2ccsc2)[C@@H]1c1ccccc1. The lowest BCUT2D eigenvalue weighted by Crippen LogP contribution is -2.25. The summed E-state index contributed by atoms with van der Waals surface area (Å²) in [5.74, 6) is -0.117. The van der Waals surface area contributed by atoms with Crippen molar-refractivity contribution in [2.45, 2.75) is 22.0 Å². The summed E-state index contributed by atoms with van der Waals surface area (Å²) < 4.78 is 27.5. The lowest BCUT2D eigenvalue weighted by molar-refractivity contribution is 0.569. The van der Waals surface area contributed by atoms with Crippen LogP contribution >= 0.6 is 11.3 Å². The summed E-state index contributed by atoms with van der Waals surface area (Å²) in [6, 6.07) is 30.9. The summed E-state index contributed by atoms with van der Waals surface area (Å²) in [7, 11) is -3.63. The molecule has 1 fully saturated rings. The van der Waals surface area contributed by atoms with E-state index in [-0.39, 0.29) is 11.8 Å². The van der Waals surface area contributed by atoms with Gasteiger partial charge in [-0.2, -0.15) is 11.3 Å². The van der Waals surface area contributed by atoms with Crippen LogP contribution in [0, 0.1) is 5.92 Å². The predicted octanol–water partition coefficient (Wildman–Crippen LogP) is 6.07. The quantitative estimate of drug-likeness (QED) is 0.372. The summed E-state index contributed by atoms with van der Waals surface area (Å²) >= 11 is 1.66. The molecule has 1 aromatic heterocycles. The van der Waals surface area contributed by atoms with E-state index in [9.17, 15) is 8.42 Å². The zero-order chi connectivity index (χ0) is 20.6. The maximum atomic E-state index is 14.2. The van der Waals surface area contributed by atoms with E-state index in [1.807, 2.05) is 54.6 Å². The minimum Gasteiger partial charge on any atom is -0.223 e. The van der Waals surface area contributed by atoms with Gasteiger partial charge >= 0.3 is 0 Å². The topological polar surface area (TPSA) is 34.1 Å². The second-order valence-corrected chi connectivity index (χ2v) is 10.7. The van der Waals surface area contributed by atoms with E-state index in [1.165, 1.54) is 5.56 Å². The minimum atomic E-state index is -3.63. The van der Waals surface area contributed by atoms with Gasteiger partial charge in [-0.3, -0.25) is 0 Å². The Labute approximate surface area is 181 Å². The fourth-order valence-corrected chi connectivity index (χ4v) is 8.13. The second-order valence-electron chi connectivity index (χ2n) is 7.81. The summed E-state index contributed by atoms with van der Waals surface area (Å²) in [6.07, 6.45) is 0.740. The molecule has 1 saturated carbocycles. The molecule has 0 bridgehead atoms. The van der Waals surface area contributed by atoms with Gasteiger partial charge in [-0.1, -0.05) is 78.9 Å². The van der Waals surface area contributed by atoms with Crippen LogP contribution in [0.4, 0.5) is 0 Å². The van der Waals surface area contributed by atoms with Crippen LogP contribution in [-0.2, 0) is 21.0 Å². The van der Waals surface area contributed by atoms with Gasteiger partial charge in [0.25, 0.3) is 0 Å². The summed E-state index contributed by atoms with van der Waals surface area (Å²) in [4.78, 5) is 0.391. The Morgan fingerprint density at radius 1 is 0.767 bits per heavy atom. The molecule has 0 saturated heterocycles. The van der Waals surface area contributed by atoms with Crippen LogP contribution in [-0.4, -0.2) is 8.42 Å². The van der Waals surface area contributed by atoms with Gasteiger partial charge in [0.15, 0.2) is 9.84 Å². The first-order valence-corrected chi connectivity index (χ1v) is 12.5. The van der Waals surface area contributed by atoms with E-state index in [0.29, 0.717) is 4.90 Å². The first kappa shape index (κ1) is 19.3. The Hall–Kier alpha value is -2.69. The molecule has 0 aliphatic heterocycles. The number of rotatable bonds is 6. The smallest absolute Gasteiger partial charge is 0.189 e. The highest BCUT2D eigenvalue weighted by atomic mass is 32.2. The van der Waals surface area contributed by atoms with Crippen molar-refractivity contribution >= 4 is 21.2 Å². The van der Waals surface area contributed by atoms with E-state index in [1.54, 1.807) is 35.6 Å². The monoisotopic (exact) mass is 430 g/mol. The Balaban J connectivity index is 1.74. The van der Waals surface area contributed by atoms with Crippen LogP contribution in [0.3, 0.4) is 0 Å². The van der Waals surface area contributed by atoms with Gasteiger partial charge in [0, 0.05) is 5.92 Å².